The molecule has 0 unspecified atom stereocenters. The monoisotopic (exact) mass is 273 g/mol. The molecule has 2 aromatic rings. The number of hydrogen-bond donors (Lipinski definition) is 1. The summed E-state index contributed by atoms with van der Waals surface area (Å²) in [4.78, 5) is 10.3. The number of rotatable bonds is 3. The fourth-order valence-corrected chi connectivity index (χ4v) is 1.76. The molecule has 0 heterocycles. The molecule has 19 heavy (non-hydrogen) atoms. The Labute approximate surface area is 114 Å². The maximum absolute atomic E-state index is 10.9. The van der Waals surface area contributed by atoms with E-state index in [4.69, 9.17) is 16.9 Å². The first-order chi connectivity index (χ1) is 9.11. The number of nitrogens with zero attached hydrogens (tertiary/aromatic N) is 2. The van der Waals surface area contributed by atoms with Crippen LogP contribution in [-0.4, -0.2) is 4.92 Å². The summed E-state index contributed by atoms with van der Waals surface area (Å²) in [7, 11) is 0. The maximum Gasteiger partial charge on any atom is 0.289 e. The molecule has 94 valence electrons. The van der Waals surface area contributed by atoms with Crippen LogP contribution in [0.4, 0.5) is 17.1 Å². The zero-order valence-electron chi connectivity index (χ0n) is 9.63. The van der Waals surface area contributed by atoms with Crippen molar-refractivity contribution in [2.24, 2.45) is 0 Å². The summed E-state index contributed by atoms with van der Waals surface area (Å²) in [6, 6.07) is 13.1. The third-order valence-corrected chi connectivity index (χ3v) is 2.80. The summed E-state index contributed by atoms with van der Waals surface area (Å²) in [5, 5.41) is 23.1. The van der Waals surface area contributed by atoms with Crippen molar-refractivity contribution in [3.63, 3.8) is 0 Å². The predicted molar refractivity (Wildman–Crippen MR) is 72.5 cm³/mol. The van der Waals surface area contributed by atoms with Gasteiger partial charge in [-0.15, -0.1) is 0 Å². The first-order valence-corrected chi connectivity index (χ1v) is 5.69. The van der Waals surface area contributed by atoms with Crippen LogP contribution in [0.1, 0.15) is 5.56 Å². The van der Waals surface area contributed by atoms with E-state index in [-0.39, 0.29) is 11.3 Å². The van der Waals surface area contributed by atoms with E-state index >= 15 is 0 Å². The van der Waals surface area contributed by atoms with Gasteiger partial charge in [0.1, 0.15) is 11.6 Å². The van der Waals surface area contributed by atoms with Gasteiger partial charge in [-0.2, -0.15) is 5.26 Å². The number of hydrogen-bond acceptors (Lipinski definition) is 4. The summed E-state index contributed by atoms with van der Waals surface area (Å²) in [5.74, 6) is 0. The Morgan fingerprint density at radius 2 is 2.00 bits per heavy atom. The van der Waals surface area contributed by atoms with Gasteiger partial charge in [-0.1, -0.05) is 23.7 Å². The second-order valence-corrected chi connectivity index (χ2v) is 4.11. The second-order valence-electron chi connectivity index (χ2n) is 3.71. The van der Waals surface area contributed by atoms with Crippen LogP contribution in [0.5, 0.6) is 0 Å². The zero-order valence-corrected chi connectivity index (χ0v) is 10.4. The van der Waals surface area contributed by atoms with Gasteiger partial charge in [-0.05, 0) is 24.3 Å². The molecule has 0 atom stereocenters. The van der Waals surface area contributed by atoms with Crippen molar-refractivity contribution in [3.8, 4) is 6.07 Å². The lowest BCUT2D eigenvalue weighted by molar-refractivity contribution is -0.385. The minimum absolute atomic E-state index is 0.0229. The Morgan fingerprint density at radius 1 is 1.26 bits per heavy atom. The van der Waals surface area contributed by atoms with Crippen LogP contribution in [0.15, 0.2) is 42.5 Å². The molecule has 0 aliphatic heterocycles. The first-order valence-electron chi connectivity index (χ1n) is 5.32. The minimum atomic E-state index is -0.587. The zero-order chi connectivity index (χ0) is 13.8. The van der Waals surface area contributed by atoms with Crippen molar-refractivity contribution in [3.05, 3.63) is 63.2 Å². The van der Waals surface area contributed by atoms with E-state index in [1.165, 1.54) is 12.1 Å². The SMILES string of the molecule is N#Cc1ccc(Nc2ccccc2Cl)cc1[N+](=O)[O-]. The fraction of sp³-hybridized carbons (Fsp3) is 0. The molecule has 0 aliphatic carbocycles. The lowest BCUT2D eigenvalue weighted by atomic mass is 10.1. The smallest absolute Gasteiger partial charge is 0.289 e. The summed E-state index contributed by atoms with van der Waals surface area (Å²) < 4.78 is 0. The summed E-state index contributed by atoms with van der Waals surface area (Å²) in [6.45, 7) is 0. The summed E-state index contributed by atoms with van der Waals surface area (Å²) >= 11 is 5.99. The van der Waals surface area contributed by atoms with Gasteiger partial charge in [0, 0.05) is 11.8 Å². The van der Waals surface area contributed by atoms with Gasteiger partial charge >= 0.3 is 0 Å². The molecule has 2 aromatic carbocycles. The molecule has 5 nitrogen and oxygen atoms in total. The van der Waals surface area contributed by atoms with Crippen molar-refractivity contribution >= 4 is 28.7 Å². The molecule has 0 bridgehead atoms. The van der Waals surface area contributed by atoms with Crippen molar-refractivity contribution < 1.29 is 4.92 Å². The quantitative estimate of drug-likeness (QED) is 0.680. The van der Waals surface area contributed by atoms with E-state index in [9.17, 15) is 10.1 Å². The van der Waals surface area contributed by atoms with Crippen LogP contribution >= 0.6 is 11.6 Å². The van der Waals surface area contributed by atoms with E-state index in [1.54, 1.807) is 36.4 Å². The van der Waals surface area contributed by atoms with Crippen molar-refractivity contribution in [1.82, 2.24) is 0 Å². The highest BCUT2D eigenvalue weighted by molar-refractivity contribution is 6.33. The normalized spacial score (nSPS) is 9.68. The number of halogens is 1. The molecule has 2 rings (SSSR count). The lowest BCUT2D eigenvalue weighted by Crippen LogP contribution is -1.96. The average Bonchev–Trinajstić information content (AvgIpc) is 2.41. The van der Waals surface area contributed by atoms with Gasteiger partial charge in [0.15, 0.2) is 0 Å². The topological polar surface area (TPSA) is 79.0 Å². The molecule has 0 aromatic heterocycles. The Bertz CT molecular complexity index is 680. The highest BCUT2D eigenvalue weighted by atomic mass is 35.5. The Hall–Kier alpha value is -2.58. The van der Waals surface area contributed by atoms with E-state index in [1.807, 2.05) is 0 Å². The summed E-state index contributed by atoms with van der Waals surface area (Å²) in [5.41, 5.74) is 0.927. The van der Waals surface area contributed by atoms with E-state index < -0.39 is 4.92 Å². The van der Waals surface area contributed by atoms with E-state index in [0.717, 1.165) is 0 Å². The number of nitro benzene ring substituents is 1. The number of nitriles is 1. The van der Waals surface area contributed by atoms with Crippen LogP contribution < -0.4 is 5.32 Å². The molecular formula is C13H8ClN3O2. The maximum atomic E-state index is 10.9. The number of nitrogens with one attached hydrogen (secondary N) is 1. The van der Waals surface area contributed by atoms with E-state index in [2.05, 4.69) is 5.32 Å². The molecular weight excluding hydrogens is 266 g/mol. The fourth-order valence-electron chi connectivity index (χ4n) is 1.57. The molecule has 0 fully saturated rings. The Morgan fingerprint density at radius 3 is 2.63 bits per heavy atom. The van der Waals surface area contributed by atoms with Gasteiger partial charge in [-0.25, -0.2) is 0 Å². The Kier molecular flexibility index (Phi) is 3.64. The predicted octanol–water partition coefficient (Wildman–Crippen LogP) is 3.86. The van der Waals surface area contributed by atoms with Gasteiger partial charge in [0.05, 0.1) is 15.6 Å². The molecule has 0 saturated carbocycles. The third kappa shape index (κ3) is 2.81. The molecule has 0 saturated heterocycles. The van der Waals surface area contributed by atoms with Crippen LogP contribution in [-0.2, 0) is 0 Å². The summed E-state index contributed by atoms with van der Waals surface area (Å²) in [6.07, 6.45) is 0. The Balaban J connectivity index is 2.38. The molecule has 1 N–H and O–H groups in total. The number of benzene rings is 2. The van der Waals surface area contributed by atoms with Crippen LogP contribution in [0, 0.1) is 21.4 Å². The number of para-hydroxylation sites is 1. The van der Waals surface area contributed by atoms with Gasteiger partial charge < -0.3 is 5.32 Å². The largest absolute Gasteiger partial charge is 0.354 e. The number of nitro groups is 1. The molecule has 6 heteroatoms. The number of anilines is 2. The van der Waals surface area contributed by atoms with E-state index in [0.29, 0.717) is 16.4 Å². The minimum Gasteiger partial charge on any atom is -0.354 e. The van der Waals surface area contributed by atoms with Crippen LogP contribution in [0.3, 0.4) is 0 Å². The first kappa shape index (κ1) is 12.9. The third-order valence-electron chi connectivity index (χ3n) is 2.47. The lowest BCUT2D eigenvalue weighted by Gasteiger charge is -2.08. The standard InChI is InChI=1S/C13H8ClN3O2/c14-11-3-1-2-4-12(11)16-10-6-5-9(8-15)13(7-10)17(18)19/h1-7,16H. The van der Waals surface area contributed by atoms with Crippen molar-refractivity contribution in [2.45, 2.75) is 0 Å². The van der Waals surface area contributed by atoms with Crippen LogP contribution in [0.2, 0.25) is 5.02 Å². The van der Waals surface area contributed by atoms with Crippen molar-refractivity contribution in [1.29, 1.82) is 5.26 Å². The van der Waals surface area contributed by atoms with Crippen molar-refractivity contribution in [2.75, 3.05) is 5.32 Å². The van der Waals surface area contributed by atoms with Crippen LogP contribution in [0.25, 0.3) is 0 Å². The molecule has 0 spiro atoms. The van der Waals surface area contributed by atoms with Gasteiger partial charge in [0.25, 0.3) is 5.69 Å². The molecule has 0 amide bonds. The van der Waals surface area contributed by atoms with Gasteiger partial charge in [0.2, 0.25) is 0 Å². The van der Waals surface area contributed by atoms with Gasteiger partial charge in [-0.3, -0.25) is 10.1 Å². The average molecular weight is 274 g/mol. The highest BCUT2D eigenvalue weighted by Crippen LogP contribution is 2.28. The highest BCUT2D eigenvalue weighted by Gasteiger charge is 2.14. The second kappa shape index (κ2) is 5.38. The molecule has 0 aliphatic rings. The molecule has 0 radical (unpaired) electrons.